The Labute approximate surface area is 178 Å². The van der Waals surface area contributed by atoms with E-state index in [1.807, 2.05) is 22.9 Å². The van der Waals surface area contributed by atoms with Crippen molar-refractivity contribution in [3.8, 4) is 0 Å². The van der Waals surface area contributed by atoms with E-state index in [-0.39, 0.29) is 11.5 Å². The second-order valence-electron chi connectivity index (χ2n) is 8.89. The van der Waals surface area contributed by atoms with Gasteiger partial charge in [0.1, 0.15) is 5.69 Å². The van der Waals surface area contributed by atoms with Crippen LogP contribution in [0.4, 0.5) is 0 Å². The fourth-order valence-corrected chi connectivity index (χ4v) is 10.5. The average Bonchev–Trinajstić information content (AvgIpc) is 2.58. The molecule has 0 unspecified atom stereocenters. The molecular weight excluding hydrogens is 432 g/mol. The summed E-state index contributed by atoms with van der Waals surface area (Å²) in [5, 5.41) is 5.44. The monoisotopic (exact) mass is 466 g/mol. The van der Waals surface area contributed by atoms with E-state index in [9.17, 15) is 4.79 Å². The van der Waals surface area contributed by atoms with Crippen LogP contribution in [-0.2, 0) is 10.8 Å². The van der Waals surface area contributed by atoms with Crippen molar-refractivity contribution in [3.63, 3.8) is 0 Å². The Morgan fingerprint density at radius 1 is 1.04 bits per heavy atom. The topological polar surface area (TPSA) is 44.1 Å². The second kappa shape index (κ2) is 9.22. The summed E-state index contributed by atoms with van der Waals surface area (Å²) in [5.74, 6) is 0. The number of nitrogens with zero attached hydrogens (tertiary/aromatic N) is 2. The van der Waals surface area contributed by atoms with Crippen molar-refractivity contribution < 1.29 is 4.43 Å². The number of rotatable bonds is 8. The molecule has 0 N–H and O–H groups in total. The number of aromatic nitrogens is 2. The van der Waals surface area contributed by atoms with E-state index in [1.54, 1.807) is 0 Å². The molecule has 0 fully saturated rings. The first-order chi connectivity index (χ1) is 13.0. The highest BCUT2D eigenvalue weighted by Gasteiger charge is 2.44. The third-order valence-electron chi connectivity index (χ3n) is 5.83. The van der Waals surface area contributed by atoms with Crippen LogP contribution in [0.15, 0.2) is 27.5 Å². The third kappa shape index (κ3) is 4.44. The van der Waals surface area contributed by atoms with Crippen molar-refractivity contribution in [1.29, 1.82) is 0 Å². The van der Waals surface area contributed by atoms with E-state index in [0.29, 0.717) is 35.3 Å². The molecule has 0 amide bonds. The number of hydrogen-bond acceptors (Lipinski definition) is 3. The maximum atomic E-state index is 13.0. The zero-order valence-electron chi connectivity index (χ0n) is 18.5. The van der Waals surface area contributed by atoms with Gasteiger partial charge in [-0.1, -0.05) is 57.5 Å². The highest BCUT2D eigenvalue weighted by Crippen LogP contribution is 2.42. The van der Waals surface area contributed by atoms with Crippen molar-refractivity contribution in [2.24, 2.45) is 0 Å². The highest BCUT2D eigenvalue weighted by atomic mass is 79.9. The van der Waals surface area contributed by atoms with E-state index < -0.39 is 8.32 Å². The number of hydrogen-bond donors (Lipinski definition) is 0. The first-order valence-corrected chi connectivity index (χ1v) is 13.3. The predicted molar refractivity (Wildman–Crippen MR) is 125 cm³/mol. The van der Waals surface area contributed by atoms with Gasteiger partial charge >= 0.3 is 0 Å². The first-order valence-electron chi connectivity index (χ1n) is 10.4. The quantitative estimate of drug-likeness (QED) is 0.418. The van der Waals surface area contributed by atoms with Gasteiger partial charge in [-0.05, 0) is 48.7 Å². The summed E-state index contributed by atoms with van der Waals surface area (Å²) in [4.78, 5) is 13.0. The molecule has 0 atom stereocenters. The van der Waals surface area contributed by atoms with Crippen LogP contribution < -0.4 is 5.43 Å². The minimum atomic E-state index is -1.94. The van der Waals surface area contributed by atoms with E-state index in [1.165, 1.54) is 0 Å². The Bertz CT molecular complexity index is 853. The van der Waals surface area contributed by atoms with Crippen LogP contribution in [0.1, 0.15) is 67.1 Å². The Morgan fingerprint density at radius 3 is 2.11 bits per heavy atom. The van der Waals surface area contributed by atoms with Crippen molar-refractivity contribution in [2.75, 3.05) is 6.61 Å². The predicted octanol–water partition coefficient (Wildman–Crippen LogP) is 6.47. The number of benzene rings is 1. The summed E-state index contributed by atoms with van der Waals surface area (Å²) in [6.45, 7) is 18.4. The van der Waals surface area contributed by atoms with Crippen molar-refractivity contribution >= 4 is 35.2 Å². The fourth-order valence-electron chi connectivity index (χ4n) is 4.65. The molecule has 0 aliphatic rings. The van der Waals surface area contributed by atoms with Crippen LogP contribution in [0.3, 0.4) is 0 Å². The number of fused-ring (bicyclic) bond motifs is 1. The van der Waals surface area contributed by atoms with Gasteiger partial charge in [0.05, 0.1) is 5.52 Å². The lowest BCUT2D eigenvalue weighted by atomic mass is 10.1. The Balaban J connectivity index is 2.38. The standard InChI is InChI=1S/C22H35BrN2O2Si/c1-14(2)25-21-13-18(23)9-10-19(21)22(26)20(24-25)11-12-27-28(15(3)4,16(5)6)17(7)8/h9-10,13-17H,11-12H2,1-8H3. The molecule has 0 aliphatic heterocycles. The third-order valence-corrected chi connectivity index (χ3v) is 12.4. The molecule has 0 saturated carbocycles. The van der Waals surface area contributed by atoms with Gasteiger partial charge in [-0.25, -0.2) is 0 Å². The highest BCUT2D eigenvalue weighted by molar-refractivity contribution is 9.10. The summed E-state index contributed by atoms with van der Waals surface area (Å²) in [5.41, 5.74) is 3.08. The molecule has 28 heavy (non-hydrogen) atoms. The number of halogens is 1. The van der Waals surface area contributed by atoms with Crippen LogP contribution >= 0.6 is 15.9 Å². The van der Waals surface area contributed by atoms with E-state index in [2.05, 4.69) is 71.3 Å². The molecule has 0 spiro atoms. The second-order valence-corrected chi connectivity index (χ2v) is 15.3. The maximum Gasteiger partial charge on any atom is 0.211 e. The van der Waals surface area contributed by atoms with Crippen LogP contribution in [0.25, 0.3) is 10.9 Å². The lowest BCUT2D eigenvalue weighted by Gasteiger charge is -2.42. The molecule has 156 valence electrons. The minimum absolute atomic E-state index is 0.0221. The molecule has 2 aromatic rings. The molecule has 1 aromatic carbocycles. The Morgan fingerprint density at radius 2 is 1.61 bits per heavy atom. The van der Waals surface area contributed by atoms with Gasteiger partial charge in [0.2, 0.25) is 5.43 Å². The maximum absolute atomic E-state index is 13.0. The molecule has 0 saturated heterocycles. The van der Waals surface area contributed by atoms with Gasteiger partial charge in [-0.3, -0.25) is 9.48 Å². The zero-order valence-corrected chi connectivity index (χ0v) is 21.1. The van der Waals surface area contributed by atoms with Crippen molar-refractivity contribution in [1.82, 2.24) is 9.78 Å². The van der Waals surface area contributed by atoms with Gasteiger partial charge in [0.25, 0.3) is 0 Å². The zero-order chi connectivity index (χ0) is 21.2. The smallest absolute Gasteiger partial charge is 0.211 e. The normalized spacial score (nSPS) is 12.9. The van der Waals surface area contributed by atoms with E-state index in [0.717, 1.165) is 15.4 Å². The molecule has 6 heteroatoms. The summed E-state index contributed by atoms with van der Waals surface area (Å²) in [6.07, 6.45) is 0.554. The fraction of sp³-hybridized carbons (Fsp3) is 0.636. The SMILES string of the molecule is CC(C)n1nc(CCO[Si](C(C)C)(C(C)C)C(C)C)c(=O)c2ccc(Br)cc21. The lowest BCUT2D eigenvalue weighted by molar-refractivity contribution is 0.279. The average molecular weight is 468 g/mol. The van der Waals surface area contributed by atoms with E-state index >= 15 is 0 Å². The van der Waals surface area contributed by atoms with Gasteiger partial charge in [-0.15, -0.1) is 0 Å². The molecule has 4 nitrogen and oxygen atoms in total. The molecule has 1 heterocycles. The lowest BCUT2D eigenvalue weighted by Crippen LogP contribution is -2.48. The Hall–Kier alpha value is -0.983. The van der Waals surface area contributed by atoms with Gasteiger partial charge < -0.3 is 4.43 Å². The summed E-state index contributed by atoms with van der Waals surface area (Å²) < 4.78 is 9.55. The molecule has 2 rings (SSSR count). The summed E-state index contributed by atoms with van der Waals surface area (Å²) in [7, 11) is -1.94. The van der Waals surface area contributed by atoms with Gasteiger partial charge in [-0.2, -0.15) is 5.10 Å². The Kier molecular flexibility index (Phi) is 7.67. The van der Waals surface area contributed by atoms with Crippen LogP contribution in [-0.4, -0.2) is 24.7 Å². The largest absolute Gasteiger partial charge is 0.416 e. The van der Waals surface area contributed by atoms with Crippen LogP contribution in [0.5, 0.6) is 0 Å². The molecule has 1 aromatic heterocycles. The van der Waals surface area contributed by atoms with Gasteiger partial charge in [0, 0.05) is 28.9 Å². The van der Waals surface area contributed by atoms with Crippen LogP contribution in [0, 0.1) is 0 Å². The summed E-state index contributed by atoms with van der Waals surface area (Å²) in [6, 6.07) is 5.95. The van der Waals surface area contributed by atoms with E-state index in [4.69, 9.17) is 9.52 Å². The molecule has 0 bridgehead atoms. The van der Waals surface area contributed by atoms with Crippen molar-refractivity contribution in [2.45, 2.75) is 84.5 Å². The summed E-state index contributed by atoms with van der Waals surface area (Å²) >= 11 is 3.50. The first kappa shape index (κ1) is 23.3. The van der Waals surface area contributed by atoms with Crippen LogP contribution in [0.2, 0.25) is 16.6 Å². The molecular formula is C22H35BrN2O2Si. The minimum Gasteiger partial charge on any atom is -0.416 e. The van der Waals surface area contributed by atoms with Crippen molar-refractivity contribution in [3.05, 3.63) is 38.6 Å². The van der Waals surface area contributed by atoms with Gasteiger partial charge in [0.15, 0.2) is 8.32 Å². The molecule has 0 aliphatic carbocycles. The molecule has 0 radical (unpaired) electrons.